The predicted octanol–water partition coefficient (Wildman–Crippen LogP) is 3.85. The van der Waals surface area contributed by atoms with Crippen LogP contribution in [0.15, 0.2) is 30.3 Å². The molecule has 0 saturated heterocycles. The standard InChI is InChI=1S/C13H9F/c1-8-7-11-12(14)6-5-9-3-2-4-10(8)13(9)11/h2-7H,1H3. The molecular formula is C13H9F. The van der Waals surface area contributed by atoms with E-state index in [-0.39, 0.29) is 5.82 Å². The van der Waals surface area contributed by atoms with E-state index in [0.29, 0.717) is 0 Å². The first kappa shape index (κ1) is 7.74. The van der Waals surface area contributed by atoms with Crippen LogP contribution in [0.4, 0.5) is 4.39 Å². The summed E-state index contributed by atoms with van der Waals surface area (Å²) in [6.07, 6.45) is 1.92. The van der Waals surface area contributed by atoms with E-state index in [1.54, 1.807) is 0 Å². The highest BCUT2D eigenvalue weighted by Crippen LogP contribution is 2.37. The lowest BCUT2D eigenvalue weighted by molar-refractivity contribution is 0.627. The van der Waals surface area contributed by atoms with E-state index >= 15 is 0 Å². The summed E-state index contributed by atoms with van der Waals surface area (Å²) in [5.41, 5.74) is 3.06. The summed E-state index contributed by atoms with van der Waals surface area (Å²) in [6.45, 7) is 2.02. The molecule has 0 spiro atoms. The SMILES string of the molecule is CC1=Cc2c(F)ccc3cccc1c23. The minimum Gasteiger partial charge on any atom is -0.206 e. The van der Waals surface area contributed by atoms with Crippen LogP contribution in [-0.4, -0.2) is 0 Å². The number of hydrogen-bond donors (Lipinski definition) is 0. The van der Waals surface area contributed by atoms with Gasteiger partial charge in [-0.1, -0.05) is 24.3 Å². The van der Waals surface area contributed by atoms with Gasteiger partial charge in [-0.2, -0.15) is 0 Å². The molecule has 0 heterocycles. The zero-order valence-corrected chi connectivity index (χ0v) is 7.84. The molecule has 2 aromatic rings. The molecule has 2 aromatic carbocycles. The Labute approximate surface area is 81.7 Å². The number of allylic oxidation sites excluding steroid dienone is 1. The second kappa shape index (κ2) is 2.44. The van der Waals surface area contributed by atoms with E-state index in [9.17, 15) is 4.39 Å². The van der Waals surface area contributed by atoms with Crippen LogP contribution >= 0.6 is 0 Å². The molecule has 0 bridgehead atoms. The zero-order chi connectivity index (χ0) is 9.71. The Hall–Kier alpha value is -1.63. The fourth-order valence-electron chi connectivity index (χ4n) is 2.15. The van der Waals surface area contributed by atoms with Crippen LogP contribution in [0.5, 0.6) is 0 Å². The van der Waals surface area contributed by atoms with Gasteiger partial charge in [-0.15, -0.1) is 0 Å². The van der Waals surface area contributed by atoms with E-state index in [4.69, 9.17) is 0 Å². The van der Waals surface area contributed by atoms with Crippen molar-refractivity contribution in [3.63, 3.8) is 0 Å². The van der Waals surface area contributed by atoms with Gasteiger partial charge in [-0.3, -0.25) is 0 Å². The van der Waals surface area contributed by atoms with Gasteiger partial charge in [-0.05, 0) is 41.0 Å². The van der Waals surface area contributed by atoms with E-state index in [0.717, 1.165) is 27.5 Å². The minimum absolute atomic E-state index is 0.123. The molecule has 0 fully saturated rings. The number of rotatable bonds is 0. The fourth-order valence-corrected chi connectivity index (χ4v) is 2.15. The molecule has 0 unspecified atom stereocenters. The molecule has 0 saturated carbocycles. The zero-order valence-electron chi connectivity index (χ0n) is 7.84. The third kappa shape index (κ3) is 0.818. The highest BCUT2D eigenvalue weighted by Gasteiger charge is 2.15. The van der Waals surface area contributed by atoms with Gasteiger partial charge in [0.05, 0.1) is 0 Å². The first-order valence-corrected chi connectivity index (χ1v) is 4.67. The Morgan fingerprint density at radius 1 is 1.07 bits per heavy atom. The summed E-state index contributed by atoms with van der Waals surface area (Å²) in [5.74, 6) is -0.123. The van der Waals surface area contributed by atoms with Crippen molar-refractivity contribution in [2.24, 2.45) is 0 Å². The molecule has 1 aliphatic rings. The van der Waals surface area contributed by atoms with E-state index in [1.165, 1.54) is 6.07 Å². The summed E-state index contributed by atoms with van der Waals surface area (Å²) in [6, 6.07) is 9.46. The smallest absolute Gasteiger partial charge is 0.131 e. The lowest BCUT2D eigenvalue weighted by Crippen LogP contribution is -1.83. The lowest BCUT2D eigenvalue weighted by atomic mass is 10.0. The van der Waals surface area contributed by atoms with Gasteiger partial charge in [0.2, 0.25) is 0 Å². The topological polar surface area (TPSA) is 0 Å². The van der Waals surface area contributed by atoms with Gasteiger partial charge in [0.25, 0.3) is 0 Å². The minimum atomic E-state index is -0.123. The predicted molar refractivity (Wildman–Crippen MR) is 57.5 cm³/mol. The van der Waals surface area contributed by atoms with Gasteiger partial charge in [0, 0.05) is 5.56 Å². The maximum atomic E-state index is 13.5. The first-order chi connectivity index (χ1) is 6.77. The Morgan fingerprint density at radius 3 is 2.79 bits per heavy atom. The molecule has 0 amide bonds. The first-order valence-electron chi connectivity index (χ1n) is 4.67. The van der Waals surface area contributed by atoms with Crippen molar-refractivity contribution in [1.29, 1.82) is 0 Å². The average molecular weight is 184 g/mol. The van der Waals surface area contributed by atoms with Crippen molar-refractivity contribution in [3.05, 3.63) is 47.3 Å². The molecular weight excluding hydrogens is 175 g/mol. The molecule has 1 aliphatic carbocycles. The lowest BCUT2D eigenvalue weighted by Gasteiger charge is -2.02. The molecule has 0 aromatic heterocycles. The van der Waals surface area contributed by atoms with Gasteiger partial charge in [0.15, 0.2) is 0 Å². The average Bonchev–Trinajstić information content (AvgIpc) is 2.53. The van der Waals surface area contributed by atoms with Crippen LogP contribution in [0, 0.1) is 5.82 Å². The monoisotopic (exact) mass is 184 g/mol. The van der Waals surface area contributed by atoms with Gasteiger partial charge in [0.1, 0.15) is 5.82 Å². The van der Waals surface area contributed by atoms with Crippen LogP contribution < -0.4 is 0 Å². The van der Waals surface area contributed by atoms with Crippen LogP contribution in [-0.2, 0) is 0 Å². The summed E-state index contributed by atoms with van der Waals surface area (Å²) in [4.78, 5) is 0. The summed E-state index contributed by atoms with van der Waals surface area (Å²) in [5, 5.41) is 2.18. The van der Waals surface area contributed by atoms with Crippen molar-refractivity contribution >= 4 is 22.4 Å². The normalized spacial score (nSPS) is 13.4. The number of hydrogen-bond acceptors (Lipinski definition) is 0. The Balaban J connectivity index is 2.59. The summed E-state index contributed by atoms with van der Waals surface area (Å²) < 4.78 is 13.5. The van der Waals surface area contributed by atoms with E-state index in [1.807, 2.05) is 37.3 Å². The largest absolute Gasteiger partial charge is 0.206 e. The Kier molecular flexibility index (Phi) is 1.35. The molecule has 14 heavy (non-hydrogen) atoms. The van der Waals surface area contributed by atoms with Crippen LogP contribution in [0.3, 0.4) is 0 Å². The quantitative estimate of drug-likeness (QED) is 0.583. The van der Waals surface area contributed by atoms with Crippen molar-refractivity contribution < 1.29 is 4.39 Å². The highest BCUT2D eigenvalue weighted by atomic mass is 19.1. The second-order valence-corrected chi connectivity index (χ2v) is 3.69. The second-order valence-electron chi connectivity index (χ2n) is 3.69. The number of benzene rings is 2. The van der Waals surface area contributed by atoms with Gasteiger partial charge < -0.3 is 0 Å². The molecule has 0 atom stereocenters. The van der Waals surface area contributed by atoms with Crippen molar-refractivity contribution in [2.45, 2.75) is 6.92 Å². The molecule has 0 N–H and O–H groups in total. The van der Waals surface area contributed by atoms with Crippen LogP contribution in [0.25, 0.3) is 22.4 Å². The van der Waals surface area contributed by atoms with Crippen LogP contribution in [0.2, 0.25) is 0 Å². The molecule has 3 rings (SSSR count). The Bertz CT molecular complexity index is 565. The van der Waals surface area contributed by atoms with Crippen molar-refractivity contribution in [1.82, 2.24) is 0 Å². The van der Waals surface area contributed by atoms with E-state index < -0.39 is 0 Å². The molecule has 1 heteroatoms. The van der Waals surface area contributed by atoms with Gasteiger partial charge in [-0.25, -0.2) is 4.39 Å². The van der Waals surface area contributed by atoms with Gasteiger partial charge >= 0.3 is 0 Å². The number of halogens is 1. The van der Waals surface area contributed by atoms with E-state index in [2.05, 4.69) is 0 Å². The highest BCUT2D eigenvalue weighted by molar-refractivity contribution is 6.08. The third-order valence-corrected chi connectivity index (χ3v) is 2.82. The summed E-state index contributed by atoms with van der Waals surface area (Å²) >= 11 is 0. The van der Waals surface area contributed by atoms with Crippen LogP contribution in [0.1, 0.15) is 18.1 Å². The molecule has 0 nitrogen and oxygen atoms in total. The van der Waals surface area contributed by atoms with Crippen molar-refractivity contribution in [2.75, 3.05) is 0 Å². The molecule has 68 valence electrons. The van der Waals surface area contributed by atoms with Crippen molar-refractivity contribution in [3.8, 4) is 0 Å². The maximum absolute atomic E-state index is 13.5. The Morgan fingerprint density at radius 2 is 1.93 bits per heavy atom. The third-order valence-electron chi connectivity index (χ3n) is 2.82. The molecule has 0 radical (unpaired) electrons. The maximum Gasteiger partial charge on any atom is 0.131 e. The summed E-state index contributed by atoms with van der Waals surface area (Å²) in [7, 11) is 0. The fraction of sp³-hybridized carbons (Fsp3) is 0.0769. The molecule has 0 aliphatic heterocycles.